The molecule has 0 saturated heterocycles. The van der Waals surface area contributed by atoms with Crippen molar-refractivity contribution >= 4 is 5.91 Å². The van der Waals surface area contributed by atoms with Gasteiger partial charge < -0.3 is 5.32 Å². The Labute approximate surface area is 75.1 Å². The molecule has 0 heterocycles. The van der Waals surface area contributed by atoms with Gasteiger partial charge in [0.25, 0.3) is 0 Å². The van der Waals surface area contributed by atoms with Crippen LogP contribution in [0.2, 0.25) is 0 Å². The molecule has 0 unspecified atom stereocenters. The molecule has 1 amide bonds. The fraction of sp³-hybridized carbons (Fsp3) is 0.889. The lowest BCUT2D eigenvalue weighted by atomic mass is 10.1. The molecule has 0 radical (unpaired) electrons. The Morgan fingerprint density at radius 1 is 1.50 bits per heavy atom. The van der Waals surface area contributed by atoms with E-state index in [0.29, 0.717) is 12.5 Å². The van der Waals surface area contributed by atoms with Gasteiger partial charge in [-0.3, -0.25) is 9.69 Å². The highest BCUT2D eigenvalue weighted by molar-refractivity contribution is 5.77. The van der Waals surface area contributed by atoms with Crippen LogP contribution in [0.1, 0.15) is 20.3 Å². The molecular weight excluding hydrogens is 152 g/mol. The molecule has 0 atom stereocenters. The third-order valence-corrected chi connectivity index (χ3v) is 1.78. The van der Waals surface area contributed by atoms with Gasteiger partial charge in [-0.25, -0.2) is 0 Å². The van der Waals surface area contributed by atoms with Crippen molar-refractivity contribution < 1.29 is 4.79 Å². The van der Waals surface area contributed by atoms with Crippen LogP contribution in [0.4, 0.5) is 0 Å². The average molecular weight is 172 g/mol. The lowest BCUT2D eigenvalue weighted by Gasteiger charge is -2.16. The number of carbonyl (C=O) groups is 1. The van der Waals surface area contributed by atoms with E-state index in [2.05, 4.69) is 19.2 Å². The highest BCUT2D eigenvalue weighted by Crippen LogP contribution is 1.99. The standard InChI is InChI=1S/C9H20N2O/c1-8(2)5-6-11(4)7-9(12)10-3/h8H,5-7H2,1-4H3,(H,10,12). The van der Waals surface area contributed by atoms with E-state index in [4.69, 9.17) is 0 Å². The first-order valence-corrected chi connectivity index (χ1v) is 4.45. The fourth-order valence-corrected chi connectivity index (χ4v) is 0.882. The van der Waals surface area contributed by atoms with Crippen molar-refractivity contribution in [1.29, 1.82) is 0 Å². The van der Waals surface area contributed by atoms with Gasteiger partial charge in [-0.1, -0.05) is 13.8 Å². The minimum absolute atomic E-state index is 0.0845. The lowest BCUT2D eigenvalue weighted by Crippen LogP contribution is -2.33. The van der Waals surface area contributed by atoms with Gasteiger partial charge in [-0.15, -0.1) is 0 Å². The molecule has 12 heavy (non-hydrogen) atoms. The second-order valence-corrected chi connectivity index (χ2v) is 3.59. The van der Waals surface area contributed by atoms with Crippen LogP contribution in [-0.4, -0.2) is 38.0 Å². The van der Waals surface area contributed by atoms with Crippen LogP contribution >= 0.6 is 0 Å². The molecule has 0 aromatic heterocycles. The maximum atomic E-state index is 10.9. The molecule has 3 nitrogen and oxygen atoms in total. The van der Waals surface area contributed by atoms with Crippen LogP contribution in [0.5, 0.6) is 0 Å². The van der Waals surface area contributed by atoms with Crippen molar-refractivity contribution in [2.75, 3.05) is 27.2 Å². The molecule has 0 saturated carbocycles. The molecule has 0 spiro atoms. The number of carbonyl (C=O) groups excluding carboxylic acids is 1. The Kier molecular flexibility index (Phi) is 5.72. The lowest BCUT2D eigenvalue weighted by molar-refractivity contribution is -0.121. The zero-order chi connectivity index (χ0) is 9.56. The number of likely N-dealkylation sites (N-methyl/N-ethyl adjacent to an activating group) is 2. The Morgan fingerprint density at radius 2 is 2.08 bits per heavy atom. The number of hydrogen-bond donors (Lipinski definition) is 1. The molecule has 0 aliphatic carbocycles. The van der Waals surface area contributed by atoms with E-state index in [9.17, 15) is 4.79 Å². The third kappa shape index (κ3) is 6.16. The zero-order valence-electron chi connectivity index (χ0n) is 8.55. The predicted molar refractivity (Wildman–Crippen MR) is 51.0 cm³/mol. The predicted octanol–water partition coefficient (Wildman–Crippen LogP) is 0.710. The summed E-state index contributed by atoms with van der Waals surface area (Å²) in [5, 5.41) is 2.60. The third-order valence-electron chi connectivity index (χ3n) is 1.78. The highest BCUT2D eigenvalue weighted by Gasteiger charge is 2.04. The minimum Gasteiger partial charge on any atom is -0.358 e. The van der Waals surface area contributed by atoms with Crippen molar-refractivity contribution in [3.63, 3.8) is 0 Å². The molecule has 0 aromatic rings. The van der Waals surface area contributed by atoms with Crippen LogP contribution in [-0.2, 0) is 4.79 Å². The van der Waals surface area contributed by atoms with Gasteiger partial charge >= 0.3 is 0 Å². The van der Waals surface area contributed by atoms with Crippen molar-refractivity contribution in [3.8, 4) is 0 Å². The summed E-state index contributed by atoms with van der Waals surface area (Å²) >= 11 is 0. The number of rotatable bonds is 5. The van der Waals surface area contributed by atoms with Crippen molar-refractivity contribution in [1.82, 2.24) is 10.2 Å². The molecule has 3 heteroatoms. The van der Waals surface area contributed by atoms with Gasteiger partial charge in [0.2, 0.25) is 5.91 Å². The number of amides is 1. The van der Waals surface area contributed by atoms with Gasteiger partial charge in [0, 0.05) is 7.05 Å². The summed E-state index contributed by atoms with van der Waals surface area (Å²) < 4.78 is 0. The molecule has 1 N–H and O–H groups in total. The van der Waals surface area contributed by atoms with Gasteiger partial charge in [-0.2, -0.15) is 0 Å². The van der Waals surface area contributed by atoms with Gasteiger partial charge in [0.15, 0.2) is 0 Å². The summed E-state index contributed by atoms with van der Waals surface area (Å²) in [5.74, 6) is 0.790. The molecule has 0 fully saturated rings. The monoisotopic (exact) mass is 172 g/mol. The Balaban J connectivity index is 3.45. The molecule has 0 bridgehead atoms. The smallest absolute Gasteiger partial charge is 0.233 e. The van der Waals surface area contributed by atoms with E-state index in [1.807, 2.05) is 11.9 Å². The maximum Gasteiger partial charge on any atom is 0.233 e. The van der Waals surface area contributed by atoms with Crippen LogP contribution < -0.4 is 5.32 Å². The summed E-state index contributed by atoms with van der Waals surface area (Å²) in [7, 11) is 3.64. The highest BCUT2D eigenvalue weighted by atomic mass is 16.1. The molecule has 0 aromatic carbocycles. The van der Waals surface area contributed by atoms with Gasteiger partial charge in [-0.05, 0) is 25.9 Å². The van der Waals surface area contributed by atoms with Crippen LogP contribution in [0.25, 0.3) is 0 Å². The second kappa shape index (κ2) is 6.00. The van der Waals surface area contributed by atoms with E-state index < -0.39 is 0 Å². The first kappa shape index (κ1) is 11.4. The van der Waals surface area contributed by atoms with Crippen LogP contribution in [0.15, 0.2) is 0 Å². The van der Waals surface area contributed by atoms with Crippen LogP contribution in [0.3, 0.4) is 0 Å². The topological polar surface area (TPSA) is 32.3 Å². The Morgan fingerprint density at radius 3 is 2.50 bits per heavy atom. The first-order chi connectivity index (χ1) is 5.56. The van der Waals surface area contributed by atoms with E-state index in [1.165, 1.54) is 0 Å². The zero-order valence-corrected chi connectivity index (χ0v) is 8.55. The SMILES string of the molecule is CNC(=O)CN(C)CCC(C)C. The quantitative estimate of drug-likeness (QED) is 0.662. The molecule has 72 valence electrons. The Hall–Kier alpha value is -0.570. The summed E-state index contributed by atoms with van der Waals surface area (Å²) in [6.07, 6.45) is 1.15. The Bertz CT molecular complexity index is 134. The normalized spacial score (nSPS) is 10.8. The second-order valence-electron chi connectivity index (χ2n) is 3.59. The molecular formula is C9H20N2O. The fourth-order valence-electron chi connectivity index (χ4n) is 0.882. The molecule has 0 aliphatic heterocycles. The van der Waals surface area contributed by atoms with Gasteiger partial charge in [0.05, 0.1) is 6.54 Å². The van der Waals surface area contributed by atoms with Crippen molar-refractivity contribution in [3.05, 3.63) is 0 Å². The van der Waals surface area contributed by atoms with E-state index in [0.717, 1.165) is 13.0 Å². The first-order valence-electron chi connectivity index (χ1n) is 4.45. The van der Waals surface area contributed by atoms with Crippen LogP contribution in [0, 0.1) is 5.92 Å². The number of nitrogens with zero attached hydrogens (tertiary/aromatic N) is 1. The summed E-state index contributed by atoms with van der Waals surface area (Å²) in [6, 6.07) is 0. The number of nitrogens with one attached hydrogen (secondary N) is 1. The van der Waals surface area contributed by atoms with Crippen molar-refractivity contribution in [2.24, 2.45) is 5.92 Å². The summed E-state index contributed by atoms with van der Waals surface area (Å²) in [4.78, 5) is 13.0. The average Bonchev–Trinajstić information content (AvgIpc) is 2.00. The van der Waals surface area contributed by atoms with E-state index >= 15 is 0 Å². The van der Waals surface area contributed by atoms with Gasteiger partial charge in [0.1, 0.15) is 0 Å². The largest absolute Gasteiger partial charge is 0.358 e. The summed E-state index contributed by atoms with van der Waals surface area (Å²) in [5.41, 5.74) is 0. The molecule has 0 rings (SSSR count). The van der Waals surface area contributed by atoms with Crippen molar-refractivity contribution in [2.45, 2.75) is 20.3 Å². The summed E-state index contributed by atoms with van der Waals surface area (Å²) in [6.45, 7) is 5.87. The van der Waals surface area contributed by atoms with E-state index in [1.54, 1.807) is 7.05 Å². The minimum atomic E-state index is 0.0845. The maximum absolute atomic E-state index is 10.9. The molecule has 0 aliphatic rings. The van der Waals surface area contributed by atoms with E-state index in [-0.39, 0.29) is 5.91 Å². The number of hydrogen-bond acceptors (Lipinski definition) is 2.